The molecule has 19 heavy (non-hydrogen) atoms. The van der Waals surface area contributed by atoms with Crippen molar-refractivity contribution in [2.45, 2.75) is 25.4 Å². The van der Waals surface area contributed by atoms with Crippen molar-refractivity contribution in [1.82, 2.24) is 0 Å². The maximum Gasteiger partial charge on any atom is 0.336 e. The molecule has 1 atom stereocenters. The lowest BCUT2D eigenvalue weighted by atomic mass is 10.1. The summed E-state index contributed by atoms with van der Waals surface area (Å²) in [6.07, 6.45) is 3.24. The molecule has 1 unspecified atom stereocenters. The van der Waals surface area contributed by atoms with Crippen molar-refractivity contribution < 1.29 is 19.0 Å². The molecule has 1 aliphatic heterocycles. The first-order valence-electron chi connectivity index (χ1n) is 6.16. The smallest absolute Gasteiger partial charge is 0.336 e. The van der Waals surface area contributed by atoms with Gasteiger partial charge in [0.25, 0.3) is 0 Å². The summed E-state index contributed by atoms with van der Waals surface area (Å²) in [6.45, 7) is 1.27. The molecule has 1 saturated heterocycles. The highest BCUT2D eigenvalue weighted by Gasteiger charge is 2.18. The number of aromatic carboxylic acids is 1. The van der Waals surface area contributed by atoms with E-state index in [9.17, 15) is 9.18 Å². The van der Waals surface area contributed by atoms with Crippen LogP contribution < -0.4 is 5.32 Å². The number of anilines is 1. The van der Waals surface area contributed by atoms with Crippen molar-refractivity contribution >= 4 is 27.6 Å². The highest BCUT2D eigenvalue weighted by Crippen LogP contribution is 2.27. The summed E-state index contributed by atoms with van der Waals surface area (Å²) < 4.78 is 19.5. The maximum atomic E-state index is 14.0. The second-order valence-electron chi connectivity index (χ2n) is 4.46. The zero-order valence-electron chi connectivity index (χ0n) is 10.3. The van der Waals surface area contributed by atoms with Gasteiger partial charge in [0.2, 0.25) is 0 Å². The van der Waals surface area contributed by atoms with Crippen molar-refractivity contribution in [2.75, 3.05) is 18.5 Å². The largest absolute Gasteiger partial charge is 0.478 e. The Balaban J connectivity index is 2.04. The van der Waals surface area contributed by atoms with Crippen LogP contribution in [-0.4, -0.2) is 30.3 Å². The van der Waals surface area contributed by atoms with Crippen LogP contribution in [0.5, 0.6) is 0 Å². The van der Waals surface area contributed by atoms with Gasteiger partial charge in [-0.25, -0.2) is 9.18 Å². The zero-order valence-corrected chi connectivity index (χ0v) is 11.9. The van der Waals surface area contributed by atoms with Crippen molar-refractivity contribution in [3.8, 4) is 0 Å². The molecule has 0 spiro atoms. The molecular formula is C13H15BrFNO3. The lowest BCUT2D eigenvalue weighted by Gasteiger charge is -2.23. The van der Waals surface area contributed by atoms with Gasteiger partial charge in [-0.05, 0) is 47.3 Å². The zero-order chi connectivity index (χ0) is 13.8. The van der Waals surface area contributed by atoms with Crippen molar-refractivity contribution in [1.29, 1.82) is 0 Å². The van der Waals surface area contributed by atoms with Crippen LogP contribution in [0.4, 0.5) is 10.1 Å². The van der Waals surface area contributed by atoms with Gasteiger partial charge in [-0.15, -0.1) is 0 Å². The number of carboxylic acid groups (broad SMARTS) is 1. The molecule has 104 valence electrons. The van der Waals surface area contributed by atoms with E-state index in [4.69, 9.17) is 9.84 Å². The molecule has 1 heterocycles. The van der Waals surface area contributed by atoms with E-state index in [0.717, 1.165) is 25.9 Å². The van der Waals surface area contributed by atoms with Crippen LogP contribution in [0.25, 0.3) is 0 Å². The molecule has 1 aliphatic rings. The summed E-state index contributed by atoms with van der Waals surface area (Å²) in [5.74, 6) is -1.75. The van der Waals surface area contributed by atoms with Crippen LogP contribution in [0, 0.1) is 5.82 Å². The summed E-state index contributed by atoms with van der Waals surface area (Å²) in [6, 6.07) is 2.81. The number of benzene rings is 1. The second-order valence-corrected chi connectivity index (χ2v) is 5.26. The average Bonchev–Trinajstić information content (AvgIpc) is 2.41. The molecule has 0 amide bonds. The number of carbonyl (C=O) groups is 1. The minimum absolute atomic E-state index is 0.0328. The number of nitrogens with one attached hydrogen (secondary N) is 1. The second kappa shape index (κ2) is 6.34. The Labute approximate surface area is 119 Å². The van der Waals surface area contributed by atoms with E-state index in [0.29, 0.717) is 6.54 Å². The van der Waals surface area contributed by atoms with E-state index in [1.807, 2.05) is 0 Å². The molecule has 4 nitrogen and oxygen atoms in total. The van der Waals surface area contributed by atoms with E-state index in [1.165, 1.54) is 12.1 Å². The Bertz CT molecular complexity index is 475. The monoisotopic (exact) mass is 331 g/mol. The lowest BCUT2D eigenvalue weighted by Crippen LogP contribution is -2.27. The third kappa shape index (κ3) is 3.45. The normalized spacial score (nSPS) is 19.2. The van der Waals surface area contributed by atoms with Crippen LogP contribution in [-0.2, 0) is 4.74 Å². The van der Waals surface area contributed by atoms with Gasteiger partial charge in [-0.2, -0.15) is 0 Å². The Morgan fingerprint density at radius 3 is 2.95 bits per heavy atom. The summed E-state index contributed by atoms with van der Waals surface area (Å²) >= 11 is 2.97. The molecule has 1 aromatic rings. The molecular weight excluding hydrogens is 317 g/mol. The van der Waals surface area contributed by atoms with Crippen molar-refractivity contribution in [3.63, 3.8) is 0 Å². The quantitative estimate of drug-likeness (QED) is 0.889. The fourth-order valence-electron chi connectivity index (χ4n) is 2.04. The van der Waals surface area contributed by atoms with Crippen LogP contribution >= 0.6 is 15.9 Å². The number of ether oxygens (including phenoxy) is 1. The number of halogens is 2. The molecule has 1 fully saturated rings. The summed E-state index contributed by atoms with van der Waals surface area (Å²) in [5.41, 5.74) is 0.197. The third-order valence-electron chi connectivity index (χ3n) is 3.11. The molecule has 0 radical (unpaired) electrons. The molecule has 0 bridgehead atoms. The van der Waals surface area contributed by atoms with Crippen LogP contribution in [0.2, 0.25) is 0 Å². The lowest BCUT2D eigenvalue weighted by molar-refractivity contribution is 0.0247. The Kier molecular flexibility index (Phi) is 4.76. The SMILES string of the molecule is O=C(O)c1ccc(NCC2CCCCO2)c(F)c1Br. The summed E-state index contributed by atoms with van der Waals surface area (Å²) in [4.78, 5) is 10.9. The Hall–Kier alpha value is -1.14. The van der Waals surface area contributed by atoms with E-state index in [1.54, 1.807) is 0 Å². The van der Waals surface area contributed by atoms with Gasteiger partial charge < -0.3 is 15.2 Å². The number of rotatable bonds is 4. The highest BCUT2D eigenvalue weighted by atomic mass is 79.9. The van der Waals surface area contributed by atoms with Gasteiger partial charge in [0.05, 0.1) is 21.8 Å². The Morgan fingerprint density at radius 1 is 1.53 bits per heavy atom. The fourth-order valence-corrected chi connectivity index (χ4v) is 2.56. The van der Waals surface area contributed by atoms with Gasteiger partial charge in [0.15, 0.2) is 5.82 Å². The van der Waals surface area contributed by atoms with E-state index >= 15 is 0 Å². The molecule has 0 saturated carbocycles. The number of hydrogen-bond acceptors (Lipinski definition) is 3. The van der Waals surface area contributed by atoms with E-state index in [-0.39, 0.29) is 21.8 Å². The van der Waals surface area contributed by atoms with Crippen LogP contribution in [0.3, 0.4) is 0 Å². The van der Waals surface area contributed by atoms with E-state index < -0.39 is 11.8 Å². The van der Waals surface area contributed by atoms with E-state index in [2.05, 4.69) is 21.2 Å². The van der Waals surface area contributed by atoms with Gasteiger partial charge in [-0.1, -0.05) is 0 Å². The average molecular weight is 332 g/mol. The minimum atomic E-state index is -1.16. The van der Waals surface area contributed by atoms with Gasteiger partial charge in [-0.3, -0.25) is 0 Å². The predicted octanol–water partition coefficient (Wildman–Crippen LogP) is 3.27. The number of hydrogen-bond donors (Lipinski definition) is 2. The first-order chi connectivity index (χ1) is 9.09. The highest BCUT2D eigenvalue weighted by molar-refractivity contribution is 9.10. The van der Waals surface area contributed by atoms with Gasteiger partial charge in [0, 0.05) is 13.2 Å². The third-order valence-corrected chi connectivity index (χ3v) is 3.88. The summed E-state index contributed by atoms with van der Waals surface area (Å²) in [5, 5.41) is 11.8. The number of carboxylic acids is 1. The first kappa shape index (κ1) is 14.3. The van der Waals surface area contributed by atoms with Gasteiger partial charge >= 0.3 is 5.97 Å². The molecule has 1 aromatic carbocycles. The molecule has 6 heteroatoms. The van der Waals surface area contributed by atoms with Crippen molar-refractivity contribution in [2.24, 2.45) is 0 Å². The summed E-state index contributed by atoms with van der Waals surface area (Å²) in [7, 11) is 0. The molecule has 2 rings (SSSR count). The molecule has 0 aromatic heterocycles. The fraction of sp³-hybridized carbons (Fsp3) is 0.462. The topological polar surface area (TPSA) is 58.6 Å². The van der Waals surface area contributed by atoms with Crippen LogP contribution in [0.1, 0.15) is 29.6 Å². The standard InChI is InChI=1S/C13H15BrFNO3/c14-11-9(13(17)18)4-5-10(12(11)15)16-7-8-3-1-2-6-19-8/h4-5,8,16H,1-3,6-7H2,(H,17,18). The van der Waals surface area contributed by atoms with Crippen LogP contribution in [0.15, 0.2) is 16.6 Å². The van der Waals surface area contributed by atoms with Crippen molar-refractivity contribution in [3.05, 3.63) is 28.0 Å². The minimum Gasteiger partial charge on any atom is -0.478 e. The Morgan fingerprint density at radius 2 is 2.32 bits per heavy atom. The first-order valence-corrected chi connectivity index (χ1v) is 6.95. The van der Waals surface area contributed by atoms with Gasteiger partial charge in [0.1, 0.15) is 0 Å². The molecule has 2 N–H and O–H groups in total. The maximum absolute atomic E-state index is 14.0. The predicted molar refractivity (Wildman–Crippen MR) is 73.1 cm³/mol. The molecule has 0 aliphatic carbocycles.